The number of halogens is 7. The highest BCUT2D eigenvalue weighted by Gasteiger charge is 2.50. The molecule has 2 amide bonds. The van der Waals surface area contributed by atoms with E-state index in [4.69, 9.17) is 31.0 Å². The van der Waals surface area contributed by atoms with Gasteiger partial charge >= 0.3 is 24.4 Å². The van der Waals surface area contributed by atoms with Crippen LogP contribution in [-0.2, 0) is 16.4 Å². The highest BCUT2D eigenvalue weighted by molar-refractivity contribution is 6.33. The lowest BCUT2D eigenvalue weighted by molar-refractivity contribution is -0.192. The van der Waals surface area contributed by atoms with Crippen LogP contribution in [0.1, 0.15) is 36.8 Å². The van der Waals surface area contributed by atoms with Crippen molar-refractivity contribution in [2.45, 2.75) is 55.5 Å². The van der Waals surface area contributed by atoms with E-state index < -0.39 is 29.9 Å². The van der Waals surface area contributed by atoms with Gasteiger partial charge in [0.25, 0.3) is 0 Å². The quantitative estimate of drug-likeness (QED) is 0.336. The number of urea groups is 1. The summed E-state index contributed by atoms with van der Waals surface area (Å²) in [5, 5.41) is 12.5. The van der Waals surface area contributed by atoms with Gasteiger partial charge < -0.3 is 30.1 Å². The number of hydrogen-bond acceptors (Lipinski definition) is 5. The van der Waals surface area contributed by atoms with Crippen LogP contribution in [0.4, 0.5) is 36.8 Å². The van der Waals surface area contributed by atoms with Crippen LogP contribution in [0.2, 0.25) is 5.02 Å². The van der Waals surface area contributed by atoms with E-state index in [0.29, 0.717) is 11.5 Å². The average molecular weight is 626 g/mol. The first-order valence-electron chi connectivity index (χ1n) is 12.7. The molecule has 1 saturated carbocycles. The van der Waals surface area contributed by atoms with Gasteiger partial charge in [-0.2, -0.15) is 26.3 Å². The maximum absolute atomic E-state index is 12.9. The lowest BCUT2D eigenvalue weighted by atomic mass is 9.65. The molecule has 2 aromatic rings. The number of benzene rings is 2. The van der Waals surface area contributed by atoms with Crippen molar-refractivity contribution in [1.82, 2.24) is 10.2 Å². The van der Waals surface area contributed by atoms with Crippen molar-refractivity contribution in [3.8, 4) is 11.5 Å². The van der Waals surface area contributed by atoms with Crippen LogP contribution in [0.5, 0.6) is 11.5 Å². The van der Waals surface area contributed by atoms with E-state index in [9.17, 15) is 31.1 Å². The Balaban J connectivity index is 0.000000616. The Morgan fingerprint density at radius 1 is 1.02 bits per heavy atom. The summed E-state index contributed by atoms with van der Waals surface area (Å²) in [5.41, 5.74) is 0.408. The van der Waals surface area contributed by atoms with Gasteiger partial charge in [-0.25, -0.2) is 9.59 Å². The number of hydrogen-bond donors (Lipinski definition) is 3. The summed E-state index contributed by atoms with van der Waals surface area (Å²) in [6.07, 6.45) is -6.18. The van der Waals surface area contributed by atoms with Crippen molar-refractivity contribution in [3.05, 3.63) is 52.5 Å². The van der Waals surface area contributed by atoms with Crippen LogP contribution in [0, 0.1) is 0 Å². The second kappa shape index (κ2) is 12.9. The Kier molecular flexibility index (Phi) is 10.1. The van der Waals surface area contributed by atoms with E-state index in [2.05, 4.69) is 34.7 Å². The topological polar surface area (TPSA) is 100 Å². The van der Waals surface area contributed by atoms with E-state index in [1.54, 1.807) is 14.2 Å². The highest BCUT2D eigenvalue weighted by atomic mass is 35.5. The minimum atomic E-state index is -5.08. The molecule has 3 unspecified atom stereocenters. The largest absolute Gasteiger partial charge is 0.493 e. The lowest BCUT2D eigenvalue weighted by Gasteiger charge is -2.45. The molecule has 1 aliphatic carbocycles. The Labute approximate surface area is 242 Å². The smallest absolute Gasteiger partial charge is 0.490 e. The van der Waals surface area contributed by atoms with Gasteiger partial charge in [0.15, 0.2) is 11.5 Å². The Morgan fingerprint density at radius 3 is 2.21 bits per heavy atom. The Hall–Kier alpha value is -3.39. The molecule has 3 N–H and O–H groups in total. The summed E-state index contributed by atoms with van der Waals surface area (Å²) in [7, 11) is 5.33. The molecule has 2 aromatic carbocycles. The number of anilines is 1. The third kappa shape index (κ3) is 7.51. The molecular weight excluding hydrogens is 596 g/mol. The molecule has 1 saturated heterocycles. The zero-order chi connectivity index (χ0) is 31.5. The van der Waals surface area contributed by atoms with E-state index in [1.807, 2.05) is 6.07 Å². The van der Waals surface area contributed by atoms with Crippen LogP contribution in [0.3, 0.4) is 0 Å². The number of ether oxygens (including phenoxy) is 2. The first-order valence-corrected chi connectivity index (χ1v) is 13.1. The summed E-state index contributed by atoms with van der Waals surface area (Å²) in [5.74, 6) is -1.38. The van der Waals surface area contributed by atoms with Gasteiger partial charge in [-0.1, -0.05) is 17.7 Å². The minimum Gasteiger partial charge on any atom is -0.493 e. The van der Waals surface area contributed by atoms with Gasteiger partial charge in [0.05, 0.1) is 30.5 Å². The lowest BCUT2D eigenvalue weighted by Crippen LogP contribution is -2.52. The fourth-order valence-corrected chi connectivity index (χ4v) is 5.76. The maximum atomic E-state index is 12.9. The van der Waals surface area contributed by atoms with Crippen molar-refractivity contribution in [1.29, 1.82) is 0 Å². The molecule has 3 atom stereocenters. The van der Waals surface area contributed by atoms with Crippen molar-refractivity contribution in [2.75, 3.05) is 33.1 Å². The first-order chi connectivity index (χ1) is 19.5. The number of rotatable bonds is 5. The molecule has 2 aliphatic rings. The zero-order valence-corrected chi connectivity index (χ0v) is 23.6. The third-order valence-electron chi connectivity index (χ3n) is 7.61. The molecule has 1 aliphatic heterocycles. The molecule has 15 heteroatoms. The number of likely N-dealkylation sites (N-methyl/N-ethyl adjacent to an activating group) is 1. The number of carboxylic acid groups (broad SMARTS) is 1. The number of carbonyl (C=O) groups excluding carboxylic acids is 1. The fourth-order valence-electron chi connectivity index (χ4n) is 5.53. The van der Waals surface area contributed by atoms with Gasteiger partial charge in [-0.3, -0.25) is 0 Å². The SMILES string of the molecule is COc1ccc(C23CCC(NC(=O)Nc4ccc(C(F)(F)F)cc4Cl)CC2N(C)CC3)cc1OC.O=C(O)C(F)(F)F. The number of alkyl halides is 6. The predicted molar refractivity (Wildman–Crippen MR) is 142 cm³/mol. The highest BCUT2D eigenvalue weighted by Crippen LogP contribution is 2.50. The Morgan fingerprint density at radius 2 is 1.67 bits per heavy atom. The molecule has 8 nitrogen and oxygen atoms in total. The van der Waals surface area contributed by atoms with E-state index >= 15 is 0 Å². The maximum Gasteiger partial charge on any atom is 0.490 e. The summed E-state index contributed by atoms with van der Waals surface area (Å²) in [6.45, 7) is 0.944. The summed E-state index contributed by atoms with van der Waals surface area (Å²) in [6, 6.07) is 8.60. The summed E-state index contributed by atoms with van der Waals surface area (Å²) < 4.78 is 81.3. The first kappa shape index (κ1) is 33.1. The molecule has 232 valence electrons. The number of aliphatic carboxylic acids is 1. The van der Waals surface area contributed by atoms with E-state index in [0.717, 1.165) is 44.4 Å². The normalized spacial score (nSPS) is 22.3. The number of likely N-dealkylation sites (tertiary alicyclic amines) is 1. The van der Waals surface area contributed by atoms with E-state index in [-0.39, 0.29) is 28.2 Å². The minimum absolute atomic E-state index is 0.0559. The van der Waals surface area contributed by atoms with Gasteiger partial charge in [0.2, 0.25) is 0 Å². The molecule has 0 bridgehead atoms. The zero-order valence-electron chi connectivity index (χ0n) is 22.8. The van der Waals surface area contributed by atoms with Crippen molar-refractivity contribution in [2.24, 2.45) is 0 Å². The average Bonchev–Trinajstić information content (AvgIpc) is 3.25. The van der Waals surface area contributed by atoms with Crippen LogP contribution < -0.4 is 20.1 Å². The number of nitrogens with zero attached hydrogens (tertiary/aromatic N) is 1. The Bertz CT molecular complexity index is 1290. The molecule has 1 heterocycles. The van der Waals surface area contributed by atoms with E-state index in [1.165, 1.54) is 11.6 Å². The van der Waals surface area contributed by atoms with Crippen molar-refractivity contribution < 1.29 is 50.5 Å². The molecule has 0 spiro atoms. The van der Waals surface area contributed by atoms with Gasteiger partial charge in [-0.05, 0) is 75.2 Å². The van der Waals surface area contributed by atoms with Crippen LogP contribution in [0.25, 0.3) is 0 Å². The monoisotopic (exact) mass is 625 g/mol. The third-order valence-corrected chi connectivity index (χ3v) is 7.92. The molecule has 2 fully saturated rings. The summed E-state index contributed by atoms with van der Waals surface area (Å²) >= 11 is 5.98. The number of fused-ring (bicyclic) bond motifs is 1. The second-order valence-corrected chi connectivity index (χ2v) is 10.4. The molecule has 0 aromatic heterocycles. The van der Waals surface area contributed by atoms with Crippen LogP contribution in [-0.4, -0.2) is 68.1 Å². The number of carbonyl (C=O) groups is 2. The van der Waals surface area contributed by atoms with Gasteiger partial charge in [0.1, 0.15) is 0 Å². The predicted octanol–water partition coefficient (Wildman–Crippen LogP) is 6.33. The van der Waals surface area contributed by atoms with Gasteiger partial charge in [0, 0.05) is 17.5 Å². The molecule has 4 rings (SSSR count). The number of nitrogens with one attached hydrogen (secondary N) is 2. The number of carboxylic acids is 1. The van der Waals surface area contributed by atoms with Crippen LogP contribution in [0.15, 0.2) is 36.4 Å². The second-order valence-electron chi connectivity index (χ2n) is 10.0. The molecule has 0 radical (unpaired) electrons. The number of methoxy groups -OCH3 is 2. The summed E-state index contributed by atoms with van der Waals surface area (Å²) in [4.78, 5) is 23.9. The fraction of sp³-hybridized carbons (Fsp3) is 0.481. The molecular formula is C27H30ClF6N3O5. The van der Waals surface area contributed by atoms with Crippen molar-refractivity contribution in [3.63, 3.8) is 0 Å². The van der Waals surface area contributed by atoms with Crippen molar-refractivity contribution >= 4 is 29.3 Å². The van der Waals surface area contributed by atoms with Gasteiger partial charge in [-0.15, -0.1) is 0 Å². The molecule has 42 heavy (non-hydrogen) atoms. The standard InChI is InChI=1S/C25H29ClF3N3O3.C2HF3O2/c1-32-11-10-24(15-5-7-20(34-2)21(13-15)35-3)9-8-17(14-22(24)32)30-23(33)31-19-6-4-16(12-18(19)26)25(27,28)29;3-2(4,5)1(6)7/h4-7,12-13,17,22H,8-11,14H2,1-3H3,(H2,30,31,33);(H,6,7). The number of amides is 2. The van der Waals surface area contributed by atoms with Crippen LogP contribution >= 0.6 is 11.6 Å².